The summed E-state index contributed by atoms with van der Waals surface area (Å²) in [5.74, 6) is 4.78. The summed E-state index contributed by atoms with van der Waals surface area (Å²) in [4.78, 5) is 13.0. The Morgan fingerprint density at radius 3 is 2.53 bits per heavy atom. The minimum absolute atomic E-state index is 0.0104. The number of ketones is 1. The molecule has 2 aliphatic heterocycles. The lowest BCUT2D eigenvalue weighted by Gasteiger charge is -2.43. The van der Waals surface area contributed by atoms with E-state index in [1.165, 1.54) is 13.2 Å². The lowest BCUT2D eigenvalue weighted by molar-refractivity contribution is -0.291. The Kier molecular flexibility index (Phi) is 7.70. The second-order valence-electron chi connectivity index (χ2n) is 9.19. The third kappa shape index (κ3) is 4.74. The first-order valence-corrected chi connectivity index (χ1v) is 11.8. The highest BCUT2D eigenvalue weighted by Gasteiger charge is 2.49. The second-order valence-corrected chi connectivity index (χ2v) is 9.19. The number of phenols is 1. The van der Waals surface area contributed by atoms with Crippen LogP contribution in [0.25, 0.3) is 10.8 Å². The normalized spacial score (nSPS) is 30.6. The second kappa shape index (κ2) is 10.6. The van der Waals surface area contributed by atoms with E-state index in [4.69, 9.17) is 19.9 Å². The molecule has 10 nitrogen and oxygen atoms in total. The lowest BCUT2D eigenvalue weighted by Crippen LogP contribution is -2.63. The van der Waals surface area contributed by atoms with E-state index in [1.54, 1.807) is 19.1 Å². The molecule has 7 N–H and O–H groups in total. The van der Waals surface area contributed by atoms with Crippen LogP contribution in [0.15, 0.2) is 18.2 Å². The van der Waals surface area contributed by atoms with E-state index in [9.17, 15) is 30.3 Å². The van der Waals surface area contributed by atoms with Gasteiger partial charge < -0.3 is 45.5 Å². The Hall–Kier alpha value is -2.91. The first-order valence-electron chi connectivity index (χ1n) is 11.8. The van der Waals surface area contributed by atoms with Crippen LogP contribution in [-0.4, -0.2) is 81.8 Å². The highest BCUT2D eigenvalue weighted by molar-refractivity contribution is 6.08. The van der Waals surface area contributed by atoms with Crippen LogP contribution in [0.4, 0.5) is 0 Å². The molecule has 2 aromatic carbocycles. The van der Waals surface area contributed by atoms with Crippen molar-refractivity contribution in [2.45, 2.75) is 63.0 Å². The van der Waals surface area contributed by atoms with Crippen LogP contribution in [-0.2, 0) is 4.74 Å². The fraction of sp³-hybridized carbons (Fsp3) is 0.500. The molecule has 10 heteroatoms. The van der Waals surface area contributed by atoms with E-state index < -0.39 is 48.5 Å². The van der Waals surface area contributed by atoms with Gasteiger partial charge in [-0.05, 0) is 42.8 Å². The number of fused-ring (bicyclic) bond motifs is 3. The first kappa shape index (κ1) is 26.2. The quantitative estimate of drug-likeness (QED) is 0.322. The zero-order valence-electron chi connectivity index (χ0n) is 20.0. The van der Waals surface area contributed by atoms with E-state index in [2.05, 4.69) is 11.8 Å². The van der Waals surface area contributed by atoms with Crippen LogP contribution in [0.2, 0.25) is 0 Å². The molecule has 2 aromatic rings. The zero-order chi connectivity index (χ0) is 26.1. The average Bonchev–Trinajstić information content (AvgIpc) is 2.84. The van der Waals surface area contributed by atoms with Crippen molar-refractivity contribution in [2.75, 3.05) is 13.7 Å². The van der Waals surface area contributed by atoms with Crippen molar-refractivity contribution < 1.29 is 44.5 Å². The summed E-state index contributed by atoms with van der Waals surface area (Å²) in [7, 11) is 1.44. The summed E-state index contributed by atoms with van der Waals surface area (Å²) in [5, 5.41) is 54.7. The number of carbonyl (C=O) groups excluding carboxylic acids is 1. The molecule has 4 bridgehead atoms. The van der Waals surface area contributed by atoms with Crippen LogP contribution in [0, 0.1) is 24.7 Å². The van der Waals surface area contributed by atoms with Crippen molar-refractivity contribution in [2.24, 2.45) is 11.7 Å². The number of benzene rings is 2. The van der Waals surface area contributed by atoms with Crippen LogP contribution in [0.5, 0.6) is 17.2 Å². The van der Waals surface area contributed by atoms with Gasteiger partial charge in [-0.2, -0.15) is 0 Å². The predicted molar refractivity (Wildman–Crippen MR) is 129 cm³/mol. The Morgan fingerprint density at radius 1 is 1.08 bits per heavy atom. The topological polar surface area (TPSA) is 172 Å². The van der Waals surface area contributed by atoms with Gasteiger partial charge in [-0.15, -0.1) is 5.92 Å². The number of carbonyl (C=O) groups is 1. The van der Waals surface area contributed by atoms with Gasteiger partial charge in [-0.25, -0.2) is 0 Å². The molecule has 0 radical (unpaired) electrons. The van der Waals surface area contributed by atoms with E-state index >= 15 is 0 Å². The Labute approximate surface area is 208 Å². The Morgan fingerprint density at radius 2 is 1.83 bits per heavy atom. The number of Topliss-reactive ketones (excluding diaryl/α,β-unsaturated/α-hetero) is 1. The number of ether oxygens (including phenoxy) is 3. The molecular formula is C26H31NO9. The minimum atomic E-state index is -1.70. The van der Waals surface area contributed by atoms with E-state index in [-0.39, 0.29) is 41.8 Å². The molecule has 0 saturated carbocycles. The molecule has 2 heterocycles. The number of aryl methyl sites for hydroxylation is 1. The van der Waals surface area contributed by atoms with Crippen molar-refractivity contribution in [1.82, 2.24) is 0 Å². The Bertz CT molecular complexity index is 1200. The number of nitrogens with two attached hydrogens (primary N) is 1. The molecule has 0 amide bonds. The van der Waals surface area contributed by atoms with Gasteiger partial charge in [0.25, 0.3) is 0 Å². The number of rotatable bonds is 3. The molecule has 2 aliphatic rings. The van der Waals surface area contributed by atoms with Gasteiger partial charge in [-0.1, -0.05) is 12.0 Å². The SMILES string of the molecule is COc1cc2c3c(O)c(c(C)cc3c1)C(=O)CC#CC[C@H](CCN)[C@@H](O)[C@H]1O[C@H](O2)[C@H](O)[C@@H](O)[C@@H]1O. The van der Waals surface area contributed by atoms with Gasteiger partial charge >= 0.3 is 0 Å². The van der Waals surface area contributed by atoms with Gasteiger partial charge in [0, 0.05) is 12.5 Å². The van der Waals surface area contributed by atoms with E-state index in [0.717, 1.165) is 0 Å². The molecule has 0 unspecified atom stereocenters. The van der Waals surface area contributed by atoms with Gasteiger partial charge in [0.05, 0.1) is 30.6 Å². The van der Waals surface area contributed by atoms with Crippen molar-refractivity contribution in [3.05, 3.63) is 29.3 Å². The maximum absolute atomic E-state index is 13.0. The number of methoxy groups -OCH3 is 1. The highest BCUT2D eigenvalue weighted by atomic mass is 16.7. The monoisotopic (exact) mass is 501 g/mol. The van der Waals surface area contributed by atoms with Gasteiger partial charge in [0.2, 0.25) is 6.29 Å². The smallest absolute Gasteiger partial charge is 0.229 e. The van der Waals surface area contributed by atoms with Crippen LogP contribution < -0.4 is 15.2 Å². The standard InChI is InChI=1S/C26H31NO9/c1-12-9-14-10-15(34-2)11-17-19(14)21(30)18(12)16(28)6-4-3-5-13(7-8-27)20(29)25-23(32)22(31)24(33)26(35-17)36-25/h9-11,13,20,22-26,29-33H,5-8,27H2,1-2H3/t13-,20-,22+,23+,24-,25-,26+/m1/s1. The molecule has 0 aromatic heterocycles. The summed E-state index contributed by atoms with van der Waals surface area (Å²) >= 11 is 0. The predicted octanol–water partition coefficient (Wildman–Crippen LogP) is 0.355. The largest absolute Gasteiger partial charge is 0.506 e. The number of aliphatic hydroxyl groups is 4. The lowest BCUT2D eigenvalue weighted by atomic mass is 9.85. The third-order valence-electron chi connectivity index (χ3n) is 6.81. The number of aliphatic hydroxyl groups excluding tert-OH is 4. The average molecular weight is 502 g/mol. The van der Waals surface area contributed by atoms with Crippen molar-refractivity contribution in [3.63, 3.8) is 0 Å². The van der Waals surface area contributed by atoms with Gasteiger partial charge in [0.15, 0.2) is 5.78 Å². The first-order chi connectivity index (χ1) is 17.2. The summed E-state index contributed by atoms with van der Waals surface area (Å²) in [6.07, 6.45) is -8.88. The molecule has 36 heavy (non-hydrogen) atoms. The van der Waals surface area contributed by atoms with Crippen LogP contribution >= 0.6 is 0 Å². The summed E-state index contributed by atoms with van der Waals surface area (Å²) in [6, 6.07) is 4.79. The van der Waals surface area contributed by atoms with E-state index in [1.807, 2.05) is 0 Å². The van der Waals surface area contributed by atoms with Crippen molar-refractivity contribution in [3.8, 4) is 29.1 Å². The molecule has 4 rings (SSSR count). The van der Waals surface area contributed by atoms with Crippen LogP contribution in [0.3, 0.4) is 0 Å². The van der Waals surface area contributed by atoms with Crippen molar-refractivity contribution in [1.29, 1.82) is 0 Å². The van der Waals surface area contributed by atoms with E-state index in [0.29, 0.717) is 23.1 Å². The zero-order valence-corrected chi connectivity index (χ0v) is 20.0. The fourth-order valence-electron chi connectivity index (χ4n) is 4.85. The number of hydrogen-bond acceptors (Lipinski definition) is 10. The molecule has 1 saturated heterocycles. The Balaban J connectivity index is 1.91. The molecule has 1 fully saturated rings. The van der Waals surface area contributed by atoms with Crippen molar-refractivity contribution >= 4 is 16.6 Å². The highest BCUT2D eigenvalue weighted by Crippen LogP contribution is 2.42. The minimum Gasteiger partial charge on any atom is -0.506 e. The molecule has 194 valence electrons. The summed E-state index contributed by atoms with van der Waals surface area (Å²) in [5.41, 5.74) is 6.32. The molecule has 7 atom stereocenters. The van der Waals surface area contributed by atoms with Crippen LogP contribution in [0.1, 0.15) is 35.2 Å². The summed E-state index contributed by atoms with van der Waals surface area (Å²) < 4.78 is 17.1. The molecule has 0 spiro atoms. The summed E-state index contributed by atoms with van der Waals surface area (Å²) in [6.45, 7) is 1.91. The number of hydrogen-bond donors (Lipinski definition) is 6. The van der Waals surface area contributed by atoms with Gasteiger partial charge in [0.1, 0.15) is 41.7 Å². The maximum Gasteiger partial charge on any atom is 0.229 e. The third-order valence-corrected chi connectivity index (χ3v) is 6.81. The maximum atomic E-state index is 13.0. The molecule has 0 aliphatic carbocycles. The molecular weight excluding hydrogens is 470 g/mol. The fourth-order valence-corrected chi connectivity index (χ4v) is 4.85. The number of phenolic OH excluding ortho intramolecular Hbond substituents is 1. The van der Waals surface area contributed by atoms with Gasteiger partial charge in [-0.3, -0.25) is 4.79 Å². The number of aromatic hydroxyl groups is 1.